The summed E-state index contributed by atoms with van der Waals surface area (Å²) < 4.78 is 38.1. The molecular formula is C16H21F3N2O. The summed E-state index contributed by atoms with van der Waals surface area (Å²) in [6.07, 6.45) is -2.78. The number of alkyl halides is 3. The molecule has 1 aliphatic rings. The lowest BCUT2D eigenvalue weighted by atomic mass is 10.0. The van der Waals surface area contributed by atoms with Gasteiger partial charge in [0.05, 0.1) is 5.56 Å². The van der Waals surface area contributed by atoms with E-state index >= 15 is 0 Å². The molecule has 1 N–H and O–H groups in total. The average Bonchev–Trinajstić information content (AvgIpc) is 2.46. The Labute approximate surface area is 128 Å². The summed E-state index contributed by atoms with van der Waals surface area (Å²) in [7, 11) is 0. The number of piperidine rings is 1. The first-order valence-corrected chi connectivity index (χ1v) is 7.50. The van der Waals surface area contributed by atoms with Crippen LogP contribution in [0.3, 0.4) is 0 Å². The molecule has 6 heteroatoms. The van der Waals surface area contributed by atoms with Crippen molar-refractivity contribution in [1.29, 1.82) is 0 Å². The Kier molecular flexibility index (Phi) is 5.11. The fourth-order valence-electron chi connectivity index (χ4n) is 2.73. The fraction of sp³-hybridized carbons (Fsp3) is 0.562. The lowest BCUT2D eigenvalue weighted by Gasteiger charge is -2.33. The van der Waals surface area contributed by atoms with E-state index in [1.165, 1.54) is 12.1 Å². The number of carbonyl (C=O) groups is 1. The summed E-state index contributed by atoms with van der Waals surface area (Å²) in [6.45, 7) is 5.28. The van der Waals surface area contributed by atoms with Crippen molar-refractivity contribution in [2.45, 2.75) is 44.9 Å². The normalized spacial score (nSPS) is 17.1. The Morgan fingerprint density at radius 3 is 2.45 bits per heavy atom. The molecular weight excluding hydrogens is 293 g/mol. The number of amides is 1. The van der Waals surface area contributed by atoms with Gasteiger partial charge in [0.1, 0.15) is 0 Å². The highest BCUT2D eigenvalue weighted by molar-refractivity contribution is 5.94. The van der Waals surface area contributed by atoms with Gasteiger partial charge in [0.2, 0.25) is 0 Å². The van der Waals surface area contributed by atoms with Gasteiger partial charge in [-0.15, -0.1) is 0 Å². The van der Waals surface area contributed by atoms with Crippen LogP contribution in [0.2, 0.25) is 0 Å². The highest BCUT2D eigenvalue weighted by Crippen LogP contribution is 2.30. The van der Waals surface area contributed by atoms with Gasteiger partial charge in [0.25, 0.3) is 5.91 Å². The fourth-order valence-corrected chi connectivity index (χ4v) is 2.73. The van der Waals surface area contributed by atoms with Crippen LogP contribution in [-0.2, 0) is 6.18 Å². The van der Waals surface area contributed by atoms with Crippen molar-refractivity contribution in [3.8, 4) is 0 Å². The number of nitrogens with one attached hydrogen (secondary N) is 1. The van der Waals surface area contributed by atoms with Crippen LogP contribution >= 0.6 is 0 Å². The zero-order valence-electron chi connectivity index (χ0n) is 12.8. The molecule has 0 spiro atoms. The Balaban J connectivity index is 2.01. The summed E-state index contributed by atoms with van der Waals surface area (Å²) in [5.41, 5.74) is -0.681. The largest absolute Gasteiger partial charge is 0.416 e. The van der Waals surface area contributed by atoms with E-state index in [0.29, 0.717) is 25.2 Å². The van der Waals surface area contributed by atoms with Crippen molar-refractivity contribution in [2.24, 2.45) is 0 Å². The van der Waals surface area contributed by atoms with Gasteiger partial charge in [-0.2, -0.15) is 13.2 Å². The molecule has 0 atom stereocenters. The highest BCUT2D eigenvalue weighted by atomic mass is 19.4. The molecule has 1 heterocycles. The zero-order chi connectivity index (χ0) is 16.3. The van der Waals surface area contributed by atoms with Gasteiger partial charge < -0.3 is 10.2 Å². The van der Waals surface area contributed by atoms with E-state index in [-0.39, 0.29) is 11.5 Å². The van der Waals surface area contributed by atoms with Gasteiger partial charge in [-0.05, 0) is 31.0 Å². The van der Waals surface area contributed by atoms with E-state index in [2.05, 4.69) is 19.2 Å². The van der Waals surface area contributed by atoms with Crippen molar-refractivity contribution < 1.29 is 18.0 Å². The highest BCUT2D eigenvalue weighted by Gasteiger charge is 2.31. The first kappa shape index (κ1) is 16.8. The molecule has 3 nitrogen and oxygen atoms in total. The Hall–Kier alpha value is -1.56. The predicted octanol–water partition coefficient (Wildman–Crippen LogP) is 3.31. The molecule has 0 aliphatic carbocycles. The molecule has 0 aromatic heterocycles. The van der Waals surface area contributed by atoms with Crippen LogP contribution in [0.1, 0.15) is 42.6 Å². The molecule has 0 radical (unpaired) electrons. The maximum Gasteiger partial charge on any atom is 0.416 e. The molecule has 1 saturated heterocycles. The zero-order valence-corrected chi connectivity index (χ0v) is 12.8. The summed E-state index contributed by atoms with van der Waals surface area (Å²) in [4.78, 5) is 14.0. The third-order valence-electron chi connectivity index (χ3n) is 3.79. The Bertz CT molecular complexity index is 520. The predicted molar refractivity (Wildman–Crippen MR) is 78.6 cm³/mol. The lowest BCUT2D eigenvalue weighted by molar-refractivity contribution is -0.137. The topological polar surface area (TPSA) is 32.3 Å². The standard InChI is InChI=1S/C16H21F3N2O/c1-11(2)20-14-6-8-21(9-7-14)15(22)12-4-3-5-13(10-12)16(17,18)19/h3-5,10-11,14,20H,6-9H2,1-2H3. The number of likely N-dealkylation sites (tertiary alicyclic amines) is 1. The monoisotopic (exact) mass is 314 g/mol. The molecule has 1 amide bonds. The molecule has 1 aromatic rings. The summed E-state index contributed by atoms with van der Waals surface area (Å²) in [6, 6.07) is 5.39. The second kappa shape index (κ2) is 6.69. The Morgan fingerprint density at radius 2 is 1.91 bits per heavy atom. The first-order chi connectivity index (χ1) is 10.3. The quantitative estimate of drug-likeness (QED) is 0.928. The van der Waals surface area contributed by atoms with E-state index in [0.717, 1.165) is 25.0 Å². The third-order valence-corrected chi connectivity index (χ3v) is 3.79. The van der Waals surface area contributed by atoms with E-state index in [1.807, 2.05) is 0 Å². The number of hydrogen-bond acceptors (Lipinski definition) is 2. The number of hydrogen-bond donors (Lipinski definition) is 1. The average molecular weight is 314 g/mol. The van der Waals surface area contributed by atoms with Crippen LogP contribution in [0.4, 0.5) is 13.2 Å². The van der Waals surface area contributed by atoms with Crippen molar-refractivity contribution in [2.75, 3.05) is 13.1 Å². The maximum atomic E-state index is 12.7. The van der Waals surface area contributed by atoms with Crippen molar-refractivity contribution in [3.63, 3.8) is 0 Å². The molecule has 2 rings (SSSR count). The second-order valence-electron chi connectivity index (χ2n) is 5.97. The van der Waals surface area contributed by atoms with Gasteiger partial charge in [0, 0.05) is 30.7 Å². The van der Waals surface area contributed by atoms with Crippen molar-refractivity contribution in [1.82, 2.24) is 10.2 Å². The molecule has 1 aliphatic heterocycles. The van der Waals surface area contributed by atoms with Gasteiger partial charge >= 0.3 is 6.18 Å². The van der Waals surface area contributed by atoms with Crippen molar-refractivity contribution >= 4 is 5.91 Å². The minimum absolute atomic E-state index is 0.102. The van der Waals surface area contributed by atoms with Gasteiger partial charge in [0.15, 0.2) is 0 Å². The second-order valence-corrected chi connectivity index (χ2v) is 5.97. The van der Waals surface area contributed by atoms with E-state index < -0.39 is 11.7 Å². The minimum Gasteiger partial charge on any atom is -0.339 e. The van der Waals surface area contributed by atoms with Crippen molar-refractivity contribution in [3.05, 3.63) is 35.4 Å². The SMILES string of the molecule is CC(C)NC1CCN(C(=O)c2cccc(C(F)(F)F)c2)CC1. The number of rotatable bonds is 3. The van der Waals surface area contributed by atoms with Crippen LogP contribution in [0.25, 0.3) is 0 Å². The van der Waals surface area contributed by atoms with E-state index in [9.17, 15) is 18.0 Å². The molecule has 0 bridgehead atoms. The van der Waals surface area contributed by atoms with E-state index in [1.54, 1.807) is 4.90 Å². The lowest BCUT2D eigenvalue weighted by Crippen LogP contribution is -2.46. The van der Waals surface area contributed by atoms with Crippen LogP contribution in [0.5, 0.6) is 0 Å². The Morgan fingerprint density at radius 1 is 1.27 bits per heavy atom. The number of halogens is 3. The maximum absolute atomic E-state index is 12.7. The number of benzene rings is 1. The molecule has 1 aromatic carbocycles. The van der Waals surface area contributed by atoms with Crippen LogP contribution in [-0.4, -0.2) is 36.0 Å². The number of carbonyl (C=O) groups excluding carboxylic acids is 1. The minimum atomic E-state index is -4.43. The smallest absolute Gasteiger partial charge is 0.339 e. The van der Waals surface area contributed by atoms with Gasteiger partial charge in [-0.3, -0.25) is 4.79 Å². The summed E-state index contributed by atoms with van der Waals surface area (Å²) in [5, 5.41) is 3.42. The van der Waals surface area contributed by atoms with Crippen LogP contribution in [0, 0.1) is 0 Å². The molecule has 1 fully saturated rings. The third kappa shape index (κ3) is 4.22. The summed E-state index contributed by atoms with van der Waals surface area (Å²) in [5.74, 6) is -0.325. The number of nitrogens with zero attached hydrogens (tertiary/aromatic N) is 1. The molecule has 22 heavy (non-hydrogen) atoms. The van der Waals surface area contributed by atoms with Gasteiger partial charge in [-0.1, -0.05) is 19.9 Å². The molecule has 122 valence electrons. The summed E-state index contributed by atoms with van der Waals surface area (Å²) >= 11 is 0. The molecule has 0 unspecified atom stereocenters. The molecule has 0 saturated carbocycles. The first-order valence-electron chi connectivity index (χ1n) is 7.50. The van der Waals surface area contributed by atoms with E-state index in [4.69, 9.17) is 0 Å². The van der Waals surface area contributed by atoms with Crippen LogP contribution in [0.15, 0.2) is 24.3 Å². The van der Waals surface area contributed by atoms with Gasteiger partial charge in [-0.25, -0.2) is 0 Å². The van der Waals surface area contributed by atoms with Crippen LogP contribution < -0.4 is 5.32 Å².